The van der Waals surface area contributed by atoms with Gasteiger partial charge < -0.3 is 10.5 Å². The number of nitrogens with zero attached hydrogens (tertiary/aromatic N) is 2. The zero-order chi connectivity index (χ0) is 12.3. The average molecular weight is 245 g/mol. The molecule has 2 heterocycles. The minimum Gasteiger partial charge on any atom is -0.481 e. The number of aromatic nitrogens is 2. The molecule has 0 aliphatic carbocycles. The fraction of sp³-hybridized carbons (Fsp3) is 0.167. The molecule has 17 heavy (non-hydrogen) atoms. The van der Waals surface area contributed by atoms with Crippen LogP contribution in [0.5, 0.6) is 5.88 Å². The monoisotopic (exact) mass is 245 g/mol. The summed E-state index contributed by atoms with van der Waals surface area (Å²) in [7, 11) is 1.58. The van der Waals surface area contributed by atoms with Crippen molar-refractivity contribution >= 4 is 16.5 Å². The summed E-state index contributed by atoms with van der Waals surface area (Å²) in [5.74, 6) is 6.63. The summed E-state index contributed by atoms with van der Waals surface area (Å²) in [5, 5.41) is 0.541. The van der Waals surface area contributed by atoms with E-state index >= 15 is 0 Å². The van der Waals surface area contributed by atoms with Crippen molar-refractivity contribution < 1.29 is 4.74 Å². The number of thiazole rings is 1. The Kier molecular flexibility index (Phi) is 3.26. The van der Waals surface area contributed by atoms with Crippen LogP contribution in [0.3, 0.4) is 0 Å². The molecule has 86 valence electrons. The Balaban J connectivity index is 2.29. The molecular weight excluding hydrogens is 234 g/mol. The largest absolute Gasteiger partial charge is 0.481 e. The summed E-state index contributed by atoms with van der Waals surface area (Å²) in [6.07, 6.45) is 1.66. The Morgan fingerprint density at radius 2 is 2.24 bits per heavy atom. The lowest BCUT2D eigenvalue weighted by Gasteiger charge is -1.96. The minimum atomic E-state index is 0.541. The quantitative estimate of drug-likeness (QED) is 0.779. The molecule has 0 bridgehead atoms. The van der Waals surface area contributed by atoms with Crippen molar-refractivity contribution in [3.8, 4) is 17.7 Å². The highest BCUT2D eigenvalue weighted by atomic mass is 32.1. The first-order valence-corrected chi connectivity index (χ1v) is 5.75. The van der Waals surface area contributed by atoms with Gasteiger partial charge in [0.2, 0.25) is 5.88 Å². The Labute approximate surface area is 103 Å². The van der Waals surface area contributed by atoms with E-state index in [4.69, 9.17) is 10.5 Å². The number of hydrogen-bond acceptors (Lipinski definition) is 5. The predicted molar refractivity (Wildman–Crippen MR) is 68.0 cm³/mol. The van der Waals surface area contributed by atoms with Crippen LogP contribution in [0, 0.1) is 18.8 Å². The number of pyridine rings is 1. The van der Waals surface area contributed by atoms with Gasteiger partial charge in [-0.25, -0.2) is 9.97 Å². The van der Waals surface area contributed by atoms with Crippen LogP contribution in [0.4, 0.5) is 5.13 Å². The van der Waals surface area contributed by atoms with E-state index in [0.717, 1.165) is 16.1 Å². The Morgan fingerprint density at radius 3 is 2.88 bits per heavy atom. The van der Waals surface area contributed by atoms with Crippen LogP contribution < -0.4 is 10.5 Å². The zero-order valence-electron chi connectivity index (χ0n) is 9.52. The van der Waals surface area contributed by atoms with Gasteiger partial charge in [-0.1, -0.05) is 17.3 Å². The molecule has 0 fully saturated rings. The number of methoxy groups -OCH3 is 1. The maximum atomic E-state index is 5.60. The molecular formula is C12H11N3OS. The summed E-state index contributed by atoms with van der Waals surface area (Å²) in [5.41, 5.74) is 7.32. The molecule has 2 N–H and O–H groups in total. The number of aryl methyl sites for hydroxylation is 1. The van der Waals surface area contributed by atoms with Crippen LogP contribution >= 0.6 is 11.3 Å². The van der Waals surface area contributed by atoms with Crippen molar-refractivity contribution in [2.75, 3.05) is 12.8 Å². The second-order valence-corrected chi connectivity index (χ2v) is 4.33. The number of nitrogens with two attached hydrogens (primary N) is 1. The molecule has 2 rings (SSSR count). The van der Waals surface area contributed by atoms with Crippen molar-refractivity contribution in [3.63, 3.8) is 0 Å². The number of anilines is 1. The molecule has 0 saturated carbocycles. The summed E-state index contributed by atoms with van der Waals surface area (Å²) in [4.78, 5) is 9.02. The van der Waals surface area contributed by atoms with Crippen LogP contribution in [0.25, 0.3) is 0 Å². The fourth-order valence-corrected chi connectivity index (χ4v) is 1.95. The van der Waals surface area contributed by atoms with Gasteiger partial charge in [-0.3, -0.25) is 0 Å². The maximum absolute atomic E-state index is 5.60. The van der Waals surface area contributed by atoms with Gasteiger partial charge in [0.25, 0.3) is 0 Å². The van der Waals surface area contributed by atoms with Gasteiger partial charge in [0.1, 0.15) is 4.88 Å². The molecule has 2 aromatic heterocycles. The van der Waals surface area contributed by atoms with Gasteiger partial charge in [-0.15, -0.1) is 0 Å². The lowest BCUT2D eigenvalue weighted by Crippen LogP contribution is -1.87. The molecule has 0 aromatic carbocycles. The van der Waals surface area contributed by atoms with Crippen LogP contribution in [-0.2, 0) is 0 Å². The highest BCUT2D eigenvalue weighted by Crippen LogP contribution is 2.18. The van der Waals surface area contributed by atoms with Gasteiger partial charge in [-0.2, -0.15) is 0 Å². The van der Waals surface area contributed by atoms with Crippen LogP contribution in [0.15, 0.2) is 18.3 Å². The number of rotatable bonds is 1. The zero-order valence-corrected chi connectivity index (χ0v) is 10.3. The van der Waals surface area contributed by atoms with E-state index in [0.29, 0.717) is 11.0 Å². The highest BCUT2D eigenvalue weighted by molar-refractivity contribution is 7.16. The number of nitrogen functional groups attached to an aromatic ring is 1. The standard InChI is InChI=1S/C12H11N3OS/c1-8-10(17-12(13)15-8)4-3-9-5-6-14-11(7-9)16-2/h5-7H,1-2H3,(H2,13,15). The molecule has 0 aliphatic heterocycles. The normalized spacial score (nSPS) is 9.53. The lowest BCUT2D eigenvalue weighted by molar-refractivity contribution is 0.398. The topological polar surface area (TPSA) is 61.0 Å². The molecule has 0 aliphatic rings. The lowest BCUT2D eigenvalue weighted by atomic mass is 10.2. The van der Waals surface area contributed by atoms with E-state index in [-0.39, 0.29) is 0 Å². The van der Waals surface area contributed by atoms with Crippen molar-refractivity contribution in [2.24, 2.45) is 0 Å². The third-order valence-corrected chi connectivity index (χ3v) is 2.98. The summed E-state index contributed by atoms with van der Waals surface area (Å²) in [6, 6.07) is 3.61. The smallest absolute Gasteiger partial charge is 0.214 e. The van der Waals surface area contributed by atoms with Gasteiger partial charge >= 0.3 is 0 Å². The van der Waals surface area contributed by atoms with Crippen molar-refractivity contribution in [1.29, 1.82) is 0 Å². The second kappa shape index (κ2) is 4.85. The van der Waals surface area contributed by atoms with Gasteiger partial charge in [0.15, 0.2) is 5.13 Å². The second-order valence-electron chi connectivity index (χ2n) is 3.30. The molecule has 0 unspecified atom stereocenters. The molecule has 4 nitrogen and oxygen atoms in total. The highest BCUT2D eigenvalue weighted by Gasteiger charge is 2.01. The first kappa shape index (κ1) is 11.4. The van der Waals surface area contributed by atoms with Crippen LogP contribution in [0.2, 0.25) is 0 Å². The van der Waals surface area contributed by atoms with Crippen molar-refractivity contribution in [3.05, 3.63) is 34.5 Å². The molecule has 0 amide bonds. The van der Waals surface area contributed by atoms with E-state index in [1.807, 2.05) is 13.0 Å². The third-order valence-electron chi connectivity index (χ3n) is 2.08. The van der Waals surface area contributed by atoms with Crippen molar-refractivity contribution in [1.82, 2.24) is 9.97 Å². The molecule has 5 heteroatoms. The van der Waals surface area contributed by atoms with E-state index in [1.165, 1.54) is 11.3 Å². The molecule has 0 atom stereocenters. The van der Waals surface area contributed by atoms with E-state index in [9.17, 15) is 0 Å². The fourth-order valence-electron chi connectivity index (χ4n) is 1.26. The first-order chi connectivity index (χ1) is 8.19. The number of ether oxygens (including phenoxy) is 1. The van der Waals surface area contributed by atoms with Crippen molar-refractivity contribution in [2.45, 2.75) is 6.92 Å². The maximum Gasteiger partial charge on any atom is 0.214 e. The summed E-state index contributed by atoms with van der Waals surface area (Å²) >= 11 is 1.39. The predicted octanol–water partition coefficient (Wildman–Crippen LogP) is 1.84. The number of hydrogen-bond donors (Lipinski definition) is 1. The summed E-state index contributed by atoms with van der Waals surface area (Å²) < 4.78 is 5.03. The van der Waals surface area contributed by atoms with E-state index < -0.39 is 0 Å². The van der Waals surface area contributed by atoms with Gasteiger partial charge in [0, 0.05) is 17.8 Å². The molecule has 2 aromatic rings. The summed E-state index contributed by atoms with van der Waals surface area (Å²) in [6.45, 7) is 1.89. The SMILES string of the molecule is COc1cc(C#Cc2sc(N)nc2C)ccn1. The Bertz CT molecular complexity index is 595. The molecule has 0 saturated heterocycles. The van der Waals surface area contributed by atoms with Crippen LogP contribution in [0.1, 0.15) is 16.1 Å². The minimum absolute atomic E-state index is 0.541. The molecule has 0 spiro atoms. The molecule has 0 radical (unpaired) electrons. The van der Waals surface area contributed by atoms with Crippen LogP contribution in [-0.4, -0.2) is 17.1 Å². The third kappa shape index (κ3) is 2.74. The Hall–Kier alpha value is -2.06. The van der Waals surface area contributed by atoms with Gasteiger partial charge in [-0.05, 0) is 18.9 Å². The Morgan fingerprint density at radius 1 is 1.41 bits per heavy atom. The average Bonchev–Trinajstić information content (AvgIpc) is 2.65. The van der Waals surface area contributed by atoms with Gasteiger partial charge in [0.05, 0.1) is 12.8 Å². The van der Waals surface area contributed by atoms with E-state index in [1.54, 1.807) is 19.4 Å². The first-order valence-electron chi connectivity index (χ1n) is 4.94. The van der Waals surface area contributed by atoms with E-state index in [2.05, 4.69) is 21.8 Å².